The lowest BCUT2D eigenvalue weighted by Gasteiger charge is -2.09. The van der Waals surface area contributed by atoms with Crippen molar-refractivity contribution in [3.05, 3.63) is 65.5 Å². The maximum absolute atomic E-state index is 4.31. The molecule has 21 heavy (non-hydrogen) atoms. The first-order valence-corrected chi connectivity index (χ1v) is 6.80. The number of nitrogens with zero attached hydrogens (tertiary/aromatic N) is 5. The quantitative estimate of drug-likeness (QED) is 0.692. The van der Waals surface area contributed by atoms with Crippen LogP contribution >= 0.6 is 0 Å². The Morgan fingerprint density at radius 3 is 2.33 bits per heavy atom. The highest BCUT2D eigenvalue weighted by Crippen LogP contribution is 2.20. The lowest BCUT2D eigenvalue weighted by molar-refractivity contribution is 0.877. The van der Waals surface area contributed by atoms with Gasteiger partial charge in [0.05, 0.1) is 6.21 Å². The molecule has 0 N–H and O–H groups in total. The first-order valence-electron chi connectivity index (χ1n) is 6.80. The monoisotopic (exact) mass is 279 g/mol. The van der Waals surface area contributed by atoms with E-state index >= 15 is 0 Å². The zero-order valence-corrected chi connectivity index (χ0v) is 12.4. The first kappa shape index (κ1) is 13.3. The van der Waals surface area contributed by atoms with Gasteiger partial charge >= 0.3 is 0 Å². The van der Waals surface area contributed by atoms with E-state index in [0.717, 1.165) is 11.3 Å². The van der Waals surface area contributed by atoms with E-state index < -0.39 is 0 Å². The van der Waals surface area contributed by atoms with E-state index in [-0.39, 0.29) is 0 Å². The van der Waals surface area contributed by atoms with Gasteiger partial charge in [0.1, 0.15) is 12.7 Å². The Morgan fingerprint density at radius 1 is 1.00 bits per heavy atom. The van der Waals surface area contributed by atoms with Gasteiger partial charge in [-0.25, -0.2) is 4.68 Å². The van der Waals surface area contributed by atoms with Crippen LogP contribution in [0.5, 0.6) is 0 Å². The second-order valence-electron chi connectivity index (χ2n) is 5.08. The van der Waals surface area contributed by atoms with Gasteiger partial charge in [0.25, 0.3) is 0 Å². The third-order valence-electron chi connectivity index (χ3n) is 3.50. The molecule has 0 unspecified atom stereocenters. The lowest BCUT2D eigenvalue weighted by atomic mass is 10.2. The summed E-state index contributed by atoms with van der Waals surface area (Å²) in [7, 11) is 0. The highest BCUT2D eigenvalue weighted by molar-refractivity contribution is 5.82. The Morgan fingerprint density at radius 2 is 1.67 bits per heavy atom. The van der Waals surface area contributed by atoms with Crippen molar-refractivity contribution in [2.75, 3.05) is 0 Å². The number of hydrogen-bond acceptors (Lipinski definition) is 3. The van der Waals surface area contributed by atoms with Crippen molar-refractivity contribution in [3.8, 4) is 5.69 Å². The molecule has 0 amide bonds. The smallest absolute Gasteiger partial charge is 0.141 e. The highest BCUT2D eigenvalue weighted by Gasteiger charge is 2.09. The maximum Gasteiger partial charge on any atom is 0.141 e. The summed E-state index contributed by atoms with van der Waals surface area (Å²) >= 11 is 0. The summed E-state index contributed by atoms with van der Waals surface area (Å²) in [6.07, 6.45) is 4.96. The standard InChI is InChI=1S/C16H17N5/c1-12-4-6-16(7-5-12)21-13(2)8-15(14(21)3)9-19-20-10-17-18-11-20/h4-11H,1-3H3/b19-9-. The average Bonchev–Trinajstić information content (AvgIpc) is 3.07. The van der Waals surface area contributed by atoms with Gasteiger partial charge in [-0.05, 0) is 39.0 Å². The van der Waals surface area contributed by atoms with Crippen LogP contribution in [0.2, 0.25) is 0 Å². The maximum atomic E-state index is 4.31. The van der Waals surface area contributed by atoms with E-state index in [2.05, 4.69) is 71.0 Å². The zero-order chi connectivity index (χ0) is 14.8. The Hall–Kier alpha value is -2.69. The van der Waals surface area contributed by atoms with Crippen LogP contribution in [-0.2, 0) is 0 Å². The molecule has 0 aliphatic rings. The number of aryl methyl sites for hydroxylation is 2. The molecule has 3 aromatic rings. The van der Waals surface area contributed by atoms with Crippen molar-refractivity contribution in [1.29, 1.82) is 0 Å². The normalized spacial score (nSPS) is 11.4. The molecule has 0 aliphatic carbocycles. The molecule has 0 radical (unpaired) electrons. The molecule has 2 aromatic heterocycles. The van der Waals surface area contributed by atoms with Crippen molar-refractivity contribution < 1.29 is 0 Å². The minimum atomic E-state index is 1.08. The van der Waals surface area contributed by atoms with Gasteiger partial charge in [-0.15, -0.1) is 10.2 Å². The summed E-state index contributed by atoms with van der Waals surface area (Å²) in [6, 6.07) is 10.6. The van der Waals surface area contributed by atoms with E-state index in [4.69, 9.17) is 0 Å². The van der Waals surface area contributed by atoms with E-state index in [1.54, 1.807) is 17.3 Å². The Kier molecular flexibility index (Phi) is 3.39. The molecule has 3 rings (SSSR count). The summed E-state index contributed by atoms with van der Waals surface area (Å²) in [5, 5.41) is 11.8. The van der Waals surface area contributed by atoms with Gasteiger partial charge in [0.15, 0.2) is 0 Å². The molecule has 0 spiro atoms. The third-order valence-corrected chi connectivity index (χ3v) is 3.50. The molecule has 0 fully saturated rings. The van der Waals surface area contributed by atoms with Crippen molar-refractivity contribution in [3.63, 3.8) is 0 Å². The van der Waals surface area contributed by atoms with Crippen LogP contribution in [0.15, 0.2) is 48.1 Å². The largest absolute Gasteiger partial charge is 0.318 e. The van der Waals surface area contributed by atoms with Gasteiger partial charge < -0.3 is 4.57 Å². The second kappa shape index (κ2) is 5.36. The van der Waals surface area contributed by atoms with Gasteiger partial charge in [-0.1, -0.05) is 17.7 Å². The van der Waals surface area contributed by atoms with Gasteiger partial charge in [0.2, 0.25) is 0 Å². The fraction of sp³-hybridized carbons (Fsp3) is 0.188. The van der Waals surface area contributed by atoms with Crippen LogP contribution in [0, 0.1) is 20.8 Å². The third kappa shape index (κ3) is 2.63. The molecule has 2 heterocycles. The predicted molar refractivity (Wildman–Crippen MR) is 83.0 cm³/mol. The fourth-order valence-corrected chi connectivity index (χ4v) is 2.39. The predicted octanol–water partition coefficient (Wildman–Crippen LogP) is 2.88. The molecule has 0 bridgehead atoms. The molecular weight excluding hydrogens is 262 g/mol. The van der Waals surface area contributed by atoms with E-state index in [1.165, 1.54) is 16.9 Å². The summed E-state index contributed by atoms with van der Waals surface area (Å²) in [6.45, 7) is 6.29. The number of hydrogen-bond donors (Lipinski definition) is 0. The van der Waals surface area contributed by atoms with Crippen LogP contribution < -0.4 is 0 Å². The van der Waals surface area contributed by atoms with Crippen molar-refractivity contribution >= 4 is 6.21 Å². The molecule has 106 valence electrons. The van der Waals surface area contributed by atoms with Crippen LogP contribution in [0.1, 0.15) is 22.5 Å². The Bertz CT molecular complexity index is 764. The van der Waals surface area contributed by atoms with Crippen LogP contribution in [0.4, 0.5) is 0 Å². The molecule has 0 saturated heterocycles. The van der Waals surface area contributed by atoms with Crippen LogP contribution in [0.3, 0.4) is 0 Å². The average molecular weight is 279 g/mol. The minimum absolute atomic E-state index is 1.08. The summed E-state index contributed by atoms with van der Waals surface area (Å²) in [4.78, 5) is 0. The first-order chi connectivity index (χ1) is 10.1. The molecule has 0 atom stereocenters. The van der Waals surface area contributed by atoms with Crippen molar-refractivity contribution in [1.82, 2.24) is 19.4 Å². The van der Waals surface area contributed by atoms with Gasteiger partial charge in [-0.3, -0.25) is 0 Å². The summed E-state index contributed by atoms with van der Waals surface area (Å²) in [5.74, 6) is 0. The topological polar surface area (TPSA) is 48.0 Å². The fourth-order valence-electron chi connectivity index (χ4n) is 2.39. The second-order valence-corrected chi connectivity index (χ2v) is 5.08. The van der Waals surface area contributed by atoms with Crippen LogP contribution in [0.25, 0.3) is 5.69 Å². The Balaban J connectivity index is 1.98. The van der Waals surface area contributed by atoms with E-state index in [0.29, 0.717) is 0 Å². The number of benzene rings is 1. The molecule has 5 heteroatoms. The highest BCUT2D eigenvalue weighted by atomic mass is 15.4. The van der Waals surface area contributed by atoms with Gasteiger partial charge in [-0.2, -0.15) is 5.10 Å². The molecular formula is C16H17N5. The number of aromatic nitrogens is 4. The minimum Gasteiger partial charge on any atom is -0.318 e. The summed E-state index contributed by atoms with van der Waals surface area (Å²) < 4.78 is 3.81. The molecule has 5 nitrogen and oxygen atoms in total. The number of rotatable bonds is 3. The molecule has 0 saturated carbocycles. The lowest BCUT2D eigenvalue weighted by Crippen LogP contribution is -1.99. The SMILES string of the molecule is Cc1ccc(-n2c(C)cc(/C=N\n3cnnc3)c2C)cc1. The van der Waals surface area contributed by atoms with E-state index in [1.807, 2.05) is 6.21 Å². The Labute approximate surface area is 123 Å². The van der Waals surface area contributed by atoms with Crippen molar-refractivity contribution in [2.24, 2.45) is 5.10 Å². The molecule has 0 aliphatic heterocycles. The molecule has 1 aromatic carbocycles. The van der Waals surface area contributed by atoms with Crippen LogP contribution in [-0.4, -0.2) is 25.7 Å². The van der Waals surface area contributed by atoms with E-state index in [9.17, 15) is 0 Å². The summed E-state index contributed by atoms with van der Waals surface area (Å²) in [5.41, 5.74) is 5.85. The van der Waals surface area contributed by atoms with Crippen molar-refractivity contribution in [2.45, 2.75) is 20.8 Å². The zero-order valence-electron chi connectivity index (χ0n) is 12.4. The van der Waals surface area contributed by atoms with Gasteiger partial charge in [0, 0.05) is 22.6 Å².